The molecule has 0 nitrogen and oxygen atoms in total. The SMILES string of the molecule is FC(F)(F)C1=[C-]CC=C1.[C-]1=CC=CC1.[H-].[H-].[Hf]. The summed E-state index contributed by atoms with van der Waals surface area (Å²) in [5.74, 6) is 0. The maximum absolute atomic E-state index is 11.6. The van der Waals surface area contributed by atoms with Gasteiger partial charge in [0.25, 0.3) is 0 Å². The van der Waals surface area contributed by atoms with Crippen LogP contribution in [0.1, 0.15) is 15.7 Å². The van der Waals surface area contributed by atoms with Crippen LogP contribution in [-0.2, 0) is 25.8 Å². The minimum atomic E-state index is -4.20. The van der Waals surface area contributed by atoms with Crippen LogP contribution in [0.15, 0.2) is 36.0 Å². The largest absolute Gasteiger partial charge is 1.00 e. The van der Waals surface area contributed by atoms with E-state index in [4.69, 9.17) is 0 Å². The summed E-state index contributed by atoms with van der Waals surface area (Å²) < 4.78 is 34.8. The zero-order chi connectivity index (χ0) is 10.4. The third-order valence-corrected chi connectivity index (χ3v) is 1.59. The molecule has 0 aromatic carbocycles. The van der Waals surface area contributed by atoms with Gasteiger partial charge in [0.15, 0.2) is 0 Å². The summed E-state index contributed by atoms with van der Waals surface area (Å²) in [6.45, 7) is 0. The van der Waals surface area contributed by atoms with E-state index in [0.29, 0.717) is 0 Å². The van der Waals surface area contributed by atoms with Gasteiger partial charge >= 0.3 is 6.18 Å². The summed E-state index contributed by atoms with van der Waals surface area (Å²) in [7, 11) is 0. The van der Waals surface area contributed by atoms with E-state index in [-0.39, 0.29) is 35.1 Å². The molecule has 0 aliphatic heterocycles. The van der Waals surface area contributed by atoms with Crippen molar-refractivity contribution in [3.63, 3.8) is 0 Å². The molecular formula is C11H11F3Hf-4. The van der Waals surface area contributed by atoms with Crippen molar-refractivity contribution in [2.45, 2.75) is 19.0 Å². The van der Waals surface area contributed by atoms with Gasteiger partial charge in [0.2, 0.25) is 0 Å². The molecule has 4 heteroatoms. The molecule has 0 fully saturated rings. The fourth-order valence-corrected chi connectivity index (χ4v) is 0.940. The molecule has 0 atom stereocenters. The molecular weight excluding hydrogens is 368 g/mol. The zero-order valence-corrected chi connectivity index (χ0v) is 11.5. The molecule has 0 aromatic rings. The molecule has 0 heterocycles. The van der Waals surface area contributed by atoms with Gasteiger partial charge in [-0.1, -0.05) is 0 Å². The normalized spacial score (nSPS) is 16.9. The molecule has 0 radical (unpaired) electrons. The monoisotopic (exact) mass is 380 g/mol. The van der Waals surface area contributed by atoms with E-state index in [1.165, 1.54) is 6.08 Å². The molecule has 2 aliphatic rings. The number of hydrogen-bond donors (Lipinski definition) is 0. The Bertz CT molecular complexity index is 294. The van der Waals surface area contributed by atoms with Gasteiger partial charge < -0.3 is 2.85 Å². The van der Waals surface area contributed by atoms with Crippen LogP contribution in [0, 0.1) is 12.2 Å². The van der Waals surface area contributed by atoms with Crippen LogP contribution in [0.25, 0.3) is 0 Å². The number of alkyl halides is 3. The molecule has 2 rings (SSSR count). The summed E-state index contributed by atoms with van der Waals surface area (Å²) >= 11 is 0. The van der Waals surface area contributed by atoms with Crippen molar-refractivity contribution in [3.8, 4) is 0 Å². The molecule has 0 bridgehead atoms. The first-order valence-corrected chi connectivity index (χ1v) is 4.17. The van der Waals surface area contributed by atoms with Crippen molar-refractivity contribution in [2.75, 3.05) is 0 Å². The van der Waals surface area contributed by atoms with E-state index in [1.54, 1.807) is 0 Å². The van der Waals surface area contributed by atoms with Gasteiger partial charge in [-0.2, -0.15) is 25.3 Å². The van der Waals surface area contributed by atoms with E-state index in [0.717, 1.165) is 12.5 Å². The van der Waals surface area contributed by atoms with Crippen LogP contribution in [0.3, 0.4) is 0 Å². The van der Waals surface area contributed by atoms with Crippen LogP contribution in [0.2, 0.25) is 0 Å². The predicted molar refractivity (Wildman–Crippen MR) is 50.4 cm³/mol. The summed E-state index contributed by atoms with van der Waals surface area (Å²) in [6.07, 6.45) is 10.7. The van der Waals surface area contributed by atoms with Crippen molar-refractivity contribution < 1.29 is 41.9 Å². The third-order valence-electron chi connectivity index (χ3n) is 1.59. The van der Waals surface area contributed by atoms with Crippen molar-refractivity contribution in [2.24, 2.45) is 0 Å². The van der Waals surface area contributed by atoms with Gasteiger partial charge in [-0.05, 0) is 0 Å². The number of halogens is 3. The summed E-state index contributed by atoms with van der Waals surface area (Å²) in [6, 6.07) is 0. The van der Waals surface area contributed by atoms with E-state index in [1.807, 2.05) is 12.2 Å². The molecule has 0 N–H and O–H groups in total. The Balaban J connectivity index is -0.000000216. The maximum Gasteiger partial charge on any atom is 0.384 e. The molecule has 0 unspecified atom stereocenters. The summed E-state index contributed by atoms with van der Waals surface area (Å²) in [5.41, 5.74) is -0.650. The Morgan fingerprint density at radius 3 is 2.13 bits per heavy atom. The van der Waals surface area contributed by atoms with E-state index in [9.17, 15) is 13.2 Å². The average Bonchev–Trinajstić information content (AvgIpc) is 2.80. The van der Waals surface area contributed by atoms with Crippen LogP contribution in [0.5, 0.6) is 0 Å². The average molecular weight is 379 g/mol. The van der Waals surface area contributed by atoms with Gasteiger partial charge in [-0.3, -0.25) is 12.2 Å². The smallest absolute Gasteiger partial charge is 0.384 e. The van der Waals surface area contributed by atoms with E-state index in [2.05, 4.69) is 18.2 Å². The topological polar surface area (TPSA) is 0 Å². The third kappa shape index (κ3) is 5.92. The summed E-state index contributed by atoms with van der Waals surface area (Å²) in [5, 5.41) is 0. The Morgan fingerprint density at radius 2 is 1.93 bits per heavy atom. The minimum absolute atomic E-state index is 0. The predicted octanol–water partition coefficient (Wildman–Crippen LogP) is 3.77. The van der Waals surface area contributed by atoms with Crippen molar-refractivity contribution in [3.05, 3.63) is 48.1 Å². The van der Waals surface area contributed by atoms with Gasteiger partial charge in [0.1, 0.15) is 0 Å². The molecule has 0 aromatic heterocycles. The second-order valence-corrected chi connectivity index (χ2v) is 2.70. The second-order valence-electron chi connectivity index (χ2n) is 2.70. The fraction of sp³-hybridized carbons (Fsp3) is 0.273. The van der Waals surface area contributed by atoms with Crippen molar-refractivity contribution >= 4 is 0 Å². The van der Waals surface area contributed by atoms with E-state index < -0.39 is 11.7 Å². The Hall–Kier alpha value is -0.380. The maximum atomic E-state index is 11.6. The van der Waals surface area contributed by atoms with Crippen molar-refractivity contribution in [1.82, 2.24) is 0 Å². The summed E-state index contributed by atoms with van der Waals surface area (Å²) in [4.78, 5) is 0. The van der Waals surface area contributed by atoms with Gasteiger partial charge in [0.05, 0.1) is 0 Å². The van der Waals surface area contributed by atoms with Crippen LogP contribution < -0.4 is 0 Å². The molecule has 0 amide bonds. The van der Waals surface area contributed by atoms with Gasteiger partial charge in [-0.25, -0.2) is 18.2 Å². The Kier molecular flexibility index (Phi) is 6.81. The first-order chi connectivity index (χ1) is 6.61. The van der Waals surface area contributed by atoms with Crippen LogP contribution in [-0.4, -0.2) is 6.18 Å². The quantitative estimate of drug-likeness (QED) is 0.445. The first kappa shape index (κ1) is 14.6. The van der Waals surface area contributed by atoms with Gasteiger partial charge in [0, 0.05) is 25.8 Å². The molecule has 0 saturated carbocycles. The molecule has 15 heavy (non-hydrogen) atoms. The standard InChI is InChI=1S/C6H4F3.C5H5.Hf.2H/c7-6(8,9)5-3-1-2-4-5;1-2-4-5-3-1;;;/h1,3H,2H2;1-3H,4H2;;;/q2*-1;;2*-1. The van der Waals surface area contributed by atoms with Crippen molar-refractivity contribution in [1.29, 1.82) is 0 Å². The minimum Gasteiger partial charge on any atom is -1.00 e. The zero-order valence-electron chi connectivity index (χ0n) is 9.93. The fourth-order valence-electron chi connectivity index (χ4n) is 0.940. The number of hydrogen-bond acceptors (Lipinski definition) is 0. The van der Waals surface area contributed by atoms with E-state index >= 15 is 0 Å². The molecule has 0 saturated heterocycles. The molecule has 2 aliphatic carbocycles. The second kappa shape index (κ2) is 6.99. The molecule has 84 valence electrons. The van der Waals surface area contributed by atoms with Gasteiger partial charge in [-0.15, -0.1) is 18.4 Å². The van der Waals surface area contributed by atoms with Crippen LogP contribution >= 0.6 is 0 Å². The Labute approximate surface area is 109 Å². The number of allylic oxidation sites excluding steroid dienone is 8. The molecule has 0 spiro atoms. The Morgan fingerprint density at radius 1 is 1.20 bits per heavy atom. The number of rotatable bonds is 0. The first-order valence-electron chi connectivity index (χ1n) is 4.17. The van der Waals surface area contributed by atoms with Crippen LogP contribution in [0.4, 0.5) is 13.2 Å².